The number of benzene rings is 1. The molecule has 0 aliphatic heterocycles. The van der Waals surface area contributed by atoms with Crippen LogP contribution in [0.3, 0.4) is 0 Å². The topological polar surface area (TPSA) is 62.8 Å². The predicted molar refractivity (Wildman–Crippen MR) is 79.2 cm³/mol. The minimum absolute atomic E-state index is 0.346. The molecular formula is C15H12F4N4O. The highest BCUT2D eigenvalue weighted by atomic mass is 19.4. The Labute approximate surface area is 133 Å². The van der Waals surface area contributed by atoms with Crippen molar-refractivity contribution < 1.29 is 22.3 Å². The van der Waals surface area contributed by atoms with Crippen molar-refractivity contribution in [3.05, 3.63) is 48.2 Å². The number of fused-ring (bicyclic) bond motifs is 1. The molecule has 2 N–H and O–H groups in total. The maximum absolute atomic E-state index is 13.1. The fraction of sp³-hybridized carbons (Fsp3) is 0.200. The Morgan fingerprint density at radius 2 is 2.00 bits per heavy atom. The van der Waals surface area contributed by atoms with Crippen LogP contribution in [-0.2, 0) is 6.42 Å². The number of pyridine rings is 1. The zero-order chi connectivity index (χ0) is 17.2. The molecule has 24 heavy (non-hydrogen) atoms. The van der Waals surface area contributed by atoms with Crippen molar-refractivity contribution >= 4 is 16.9 Å². The van der Waals surface area contributed by atoms with Crippen LogP contribution in [0, 0.1) is 5.82 Å². The molecule has 0 saturated heterocycles. The van der Waals surface area contributed by atoms with Gasteiger partial charge in [0, 0.05) is 13.0 Å². The van der Waals surface area contributed by atoms with Gasteiger partial charge in [0.15, 0.2) is 0 Å². The summed E-state index contributed by atoms with van der Waals surface area (Å²) in [5.41, 5.74) is 1.27. The van der Waals surface area contributed by atoms with Crippen molar-refractivity contribution in [2.45, 2.75) is 12.8 Å². The van der Waals surface area contributed by atoms with Crippen molar-refractivity contribution in [1.29, 1.82) is 0 Å². The average Bonchev–Trinajstić information content (AvgIpc) is 2.89. The Morgan fingerprint density at radius 3 is 2.71 bits per heavy atom. The van der Waals surface area contributed by atoms with E-state index < -0.39 is 6.36 Å². The summed E-state index contributed by atoms with van der Waals surface area (Å²) in [6, 6.07) is 6.83. The van der Waals surface area contributed by atoms with E-state index in [1.54, 1.807) is 6.07 Å². The molecule has 0 aliphatic carbocycles. The van der Waals surface area contributed by atoms with Crippen LogP contribution in [0.2, 0.25) is 0 Å². The number of imidazole rings is 1. The van der Waals surface area contributed by atoms with Crippen LogP contribution in [0.25, 0.3) is 11.0 Å². The maximum atomic E-state index is 13.1. The normalized spacial score (nSPS) is 11.7. The van der Waals surface area contributed by atoms with Crippen molar-refractivity contribution in [3.63, 3.8) is 0 Å². The lowest BCUT2D eigenvalue weighted by Crippen LogP contribution is -2.17. The summed E-state index contributed by atoms with van der Waals surface area (Å²) in [5.74, 6) is 0.348. The van der Waals surface area contributed by atoms with Gasteiger partial charge in [-0.05, 0) is 30.3 Å². The first-order chi connectivity index (χ1) is 11.4. The number of hydrogen-bond acceptors (Lipinski definition) is 4. The quantitative estimate of drug-likeness (QED) is 0.696. The van der Waals surface area contributed by atoms with Crippen LogP contribution in [0.5, 0.6) is 5.75 Å². The van der Waals surface area contributed by atoms with Gasteiger partial charge < -0.3 is 15.0 Å². The largest absolute Gasteiger partial charge is 0.573 e. The molecule has 0 fully saturated rings. The summed E-state index contributed by atoms with van der Waals surface area (Å²) in [7, 11) is 0. The van der Waals surface area contributed by atoms with E-state index in [0.29, 0.717) is 35.6 Å². The molecule has 2 heterocycles. The van der Waals surface area contributed by atoms with Gasteiger partial charge in [-0.25, -0.2) is 14.4 Å². The highest BCUT2D eigenvalue weighted by Gasteiger charge is 2.31. The van der Waals surface area contributed by atoms with Crippen LogP contribution in [-0.4, -0.2) is 27.9 Å². The lowest BCUT2D eigenvalue weighted by molar-refractivity contribution is -0.274. The van der Waals surface area contributed by atoms with E-state index in [4.69, 9.17) is 0 Å². The van der Waals surface area contributed by atoms with Crippen molar-refractivity contribution in [2.75, 3.05) is 11.9 Å². The molecular weight excluding hydrogens is 328 g/mol. The number of rotatable bonds is 5. The van der Waals surface area contributed by atoms with Crippen molar-refractivity contribution in [1.82, 2.24) is 15.0 Å². The van der Waals surface area contributed by atoms with Crippen LogP contribution >= 0.6 is 0 Å². The third kappa shape index (κ3) is 4.12. The average molecular weight is 340 g/mol. The van der Waals surface area contributed by atoms with Gasteiger partial charge in [0.05, 0.1) is 17.2 Å². The molecule has 0 amide bonds. The van der Waals surface area contributed by atoms with Gasteiger partial charge >= 0.3 is 6.36 Å². The smallest absolute Gasteiger partial charge is 0.404 e. The molecule has 0 bridgehead atoms. The van der Waals surface area contributed by atoms with Gasteiger partial charge in [0.25, 0.3) is 0 Å². The minimum Gasteiger partial charge on any atom is -0.404 e. The summed E-state index contributed by atoms with van der Waals surface area (Å²) in [6.07, 6.45) is -3.24. The molecule has 0 spiro atoms. The van der Waals surface area contributed by atoms with Crippen molar-refractivity contribution in [3.8, 4) is 5.75 Å². The fourth-order valence-electron chi connectivity index (χ4n) is 2.14. The number of hydrogen-bond donors (Lipinski definition) is 2. The van der Waals surface area contributed by atoms with Crippen LogP contribution < -0.4 is 10.1 Å². The Morgan fingerprint density at radius 1 is 1.17 bits per heavy atom. The molecule has 3 rings (SSSR count). The number of anilines is 1. The Balaban J connectivity index is 1.55. The van der Waals surface area contributed by atoms with Gasteiger partial charge in [-0.1, -0.05) is 0 Å². The highest BCUT2D eigenvalue weighted by Crippen LogP contribution is 2.22. The van der Waals surface area contributed by atoms with Gasteiger partial charge in [-0.3, -0.25) is 0 Å². The van der Waals surface area contributed by atoms with Gasteiger partial charge in [0.2, 0.25) is 0 Å². The maximum Gasteiger partial charge on any atom is 0.573 e. The molecule has 0 unspecified atom stereocenters. The Bertz CT molecular complexity index is 830. The second-order valence-electron chi connectivity index (χ2n) is 4.95. The number of halogens is 4. The summed E-state index contributed by atoms with van der Waals surface area (Å²) >= 11 is 0. The van der Waals surface area contributed by atoms with Crippen molar-refractivity contribution in [2.24, 2.45) is 0 Å². The zero-order valence-corrected chi connectivity index (χ0v) is 12.2. The summed E-state index contributed by atoms with van der Waals surface area (Å²) < 4.78 is 53.0. The summed E-state index contributed by atoms with van der Waals surface area (Å²) in [5, 5.41) is 2.96. The number of aromatic nitrogens is 3. The van der Waals surface area contributed by atoms with Crippen LogP contribution in [0.15, 0.2) is 36.5 Å². The first-order valence-corrected chi connectivity index (χ1v) is 6.99. The number of H-pyrrole nitrogens is 1. The second kappa shape index (κ2) is 6.34. The zero-order valence-electron chi connectivity index (χ0n) is 12.2. The molecule has 3 aromatic rings. The molecule has 0 radical (unpaired) electrons. The molecule has 5 nitrogen and oxygen atoms in total. The third-order valence-corrected chi connectivity index (χ3v) is 3.13. The first-order valence-electron chi connectivity index (χ1n) is 6.99. The predicted octanol–water partition coefficient (Wildman–Crippen LogP) is 3.65. The molecule has 0 saturated carbocycles. The molecule has 0 aliphatic rings. The summed E-state index contributed by atoms with van der Waals surface area (Å²) in [6.45, 7) is 0.453. The molecule has 0 atom stereocenters. The third-order valence-electron chi connectivity index (χ3n) is 3.13. The number of ether oxygens (including phenoxy) is 1. The molecule has 126 valence electrons. The second-order valence-corrected chi connectivity index (χ2v) is 4.95. The van der Waals surface area contributed by atoms with Gasteiger partial charge in [-0.2, -0.15) is 0 Å². The van der Waals surface area contributed by atoms with E-state index in [2.05, 4.69) is 25.0 Å². The first kappa shape index (κ1) is 16.0. The SMILES string of the molecule is Fc1ccc2nc(CCNc3ccc(OC(F)(F)F)cn3)[nH]c2c1. The van der Waals surface area contributed by atoms with Crippen LogP contribution in [0.1, 0.15) is 5.82 Å². The number of nitrogens with zero attached hydrogens (tertiary/aromatic N) is 2. The van der Waals surface area contributed by atoms with E-state index in [9.17, 15) is 17.6 Å². The molecule has 9 heteroatoms. The van der Waals surface area contributed by atoms with E-state index >= 15 is 0 Å². The Hall–Kier alpha value is -2.84. The minimum atomic E-state index is -4.74. The lowest BCUT2D eigenvalue weighted by atomic mass is 10.3. The van der Waals surface area contributed by atoms with E-state index in [1.165, 1.54) is 24.3 Å². The molecule has 1 aromatic carbocycles. The van der Waals surface area contributed by atoms with E-state index in [1.807, 2.05) is 0 Å². The van der Waals surface area contributed by atoms with E-state index in [-0.39, 0.29) is 11.6 Å². The lowest BCUT2D eigenvalue weighted by Gasteiger charge is -2.09. The Kier molecular flexibility index (Phi) is 4.24. The standard InChI is InChI=1S/C15H12F4N4O/c16-9-1-3-11-12(7-9)23-14(22-11)5-6-20-13-4-2-10(8-21-13)24-15(17,18)19/h1-4,7-8H,5-6H2,(H,20,21)(H,22,23). The van der Waals surface area contributed by atoms with Gasteiger partial charge in [-0.15, -0.1) is 13.2 Å². The number of alkyl halides is 3. The van der Waals surface area contributed by atoms with Gasteiger partial charge in [0.1, 0.15) is 23.2 Å². The number of nitrogens with one attached hydrogen (secondary N) is 2. The fourth-order valence-corrected chi connectivity index (χ4v) is 2.14. The summed E-state index contributed by atoms with van der Waals surface area (Å²) in [4.78, 5) is 11.1. The monoisotopic (exact) mass is 340 g/mol. The number of aromatic amines is 1. The van der Waals surface area contributed by atoms with Crippen LogP contribution in [0.4, 0.5) is 23.4 Å². The molecule has 2 aromatic heterocycles. The van der Waals surface area contributed by atoms with E-state index in [0.717, 1.165) is 6.20 Å². The highest BCUT2D eigenvalue weighted by molar-refractivity contribution is 5.74.